The number of ether oxygens (including phenoxy) is 1. The summed E-state index contributed by atoms with van der Waals surface area (Å²) in [6.07, 6.45) is 4.16. The summed E-state index contributed by atoms with van der Waals surface area (Å²) >= 11 is 0. The first-order valence-corrected chi connectivity index (χ1v) is 22.0. The number of carbonyl (C=O) groups excluding carboxylic acids is 3. The number of hydrogen-bond donors (Lipinski definition) is 9. The Morgan fingerprint density at radius 2 is 1.15 bits per heavy atom. The highest BCUT2D eigenvalue weighted by molar-refractivity contribution is 6.08. The second-order valence-electron chi connectivity index (χ2n) is 17.4. The van der Waals surface area contributed by atoms with Gasteiger partial charge in [0.05, 0.1) is 55.9 Å². The number of nitrogens with one attached hydrogen (secondary N) is 1. The maximum Gasteiger partial charge on any atom is 0.257 e. The fraction of sp³-hybridized carbons (Fsp3) is 0.717. The zero-order valence-electron chi connectivity index (χ0n) is 36.4. The summed E-state index contributed by atoms with van der Waals surface area (Å²) in [6, 6.07) is 9.27. The summed E-state index contributed by atoms with van der Waals surface area (Å²) in [6.45, 7) is 6.18. The molecule has 1 aromatic carbocycles. The number of amides is 3. The molecule has 0 saturated carbocycles. The zero-order valence-corrected chi connectivity index (χ0v) is 36.4. The molecule has 3 amide bonds. The Morgan fingerprint density at radius 1 is 0.700 bits per heavy atom. The average molecular weight is 849 g/mol. The van der Waals surface area contributed by atoms with Gasteiger partial charge < -0.3 is 50.9 Å². The molecule has 0 spiro atoms. The van der Waals surface area contributed by atoms with Crippen LogP contribution in [-0.4, -0.2) is 133 Å². The number of unbranched alkanes of at least 4 members (excludes halogenated alkanes) is 4. The van der Waals surface area contributed by atoms with Gasteiger partial charge >= 0.3 is 0 Å². The Morgan fingerprint density at radius 3 is 1.63 bits per heavy atom. The van der Waals surface area contributed by atoms with Gasteiger partial charge in [-0.25, -0.2) is 0 Å². The zero-order chi connectivity index (χ0) is 44.6. The molecule has 1 aliphatic heterocycles. The fourth-order valence-electron chi connectivity index (χ4n) is 8.28. The third kappa shape index (κ3) is 22.1. The van der Waals surface area contributed by atoms with Crippen molar-refractivity contribution < 1.29 is 60.0 Å². The molecule has 0 bridgehead atoms. The van der Waals surface area contributed by atoms with Crippen molar-refractivity contribution in [3.05, 3.63) is 59.4 Å². The number of imide groups is 1. The molecule has 11 atom stereocenters. The van der Waals surface area contributed by atoms with Crippen molar-refractivity contribution in [3.63, 3.8) is 0 Å². The molecule has 1 aliphatic rings. The minimum Gasteiger partial charge on any atom is -0.499 e. The second-order valence-corrected chi connectivity index (χ2v) is 17.4. The van der Waals surface area contributed by atoms with Gasteiger partial charge in [0.15, 0.2) is 0 Å². The molecule has 0 saturated heterocycles. The summed E-state index contributed by atoms with van der Waals surface area (Å²) in [4.78, 5) is 37.6. The molecule has 14 nitrogen and oxygen atoms in total. The summed E-state index contributed by atoms with van der Waals surface area (Å²) in [5.41, 5.74) is 1.96. The van der Waals surface area contributed by atoms with Gasteiger partial charge in [0.1, 0.15) is 11.8 Å². The molecule has 9 N–H and O–H groups in total. The van der Waals surface area contributed by atoms with E-state index in [-0.39, 0.29) is 69.2 Å². The van der Waals surface area contributed by atoms with Gasteiger partial charge in [0.25, 0.3) is 11.8 Å². The van der Waals surface area contributed by atoms with Crippen LogP contribution in [0.5, 0.6) is 0 Å². The Kier molecular flexibility index (Phi) is 25.7. The highest BCUT2D eigenvalue weighted by Gasteiger charge is 2.37. The normalized spacial score (nSPS) is 19.7. The number of nitrogens with zero attached hydrogens (tertiary/aromatic N) is 1. The summed E-state index contributed by atoms with van der Waals surface area (Å²) in [5.74, 6) is 0.482. The number of rotatable bonds is 33. The van der Waals surface area contributed by atoms with Crippen LogP contribution in [0.4, 0.5) is 0 Å². The van der Waals surface area contributed by atoms with E-state index in [4.69, 9.17) is 4.74 Å². The van der Waals surface area contributed by atoms with Gasteiger partial charge in [-0.1, -0.05) is 94.7 Å². The molecule has 14 heteroatoms. The first-order valence-electron chi connectivity index (χ1n) is 22.0. The van der Waals surface area contributed by atoms with E-state index >= 15 is 0 Å². The van der Waals surface area contributed by atoms with Crippen molar-refractivity contribution >= 4 is 18.2 Å². The number of hydrogen-bond acceptors (Lipinski definition) is 12. The van der Waals surface area contributed by atoms with E-state index in [1.807, 2.05) is 37.3 Å². The van der Waals surface area contributed by atoms with Crippen molar-refractivity contribution in [1.82, 2.24) is 10.2 Å². The van der Waals surface area contributed by atoms with E-state index in [1.165, 1.54) is 18.1 Å². The monoisotopic (exact) mass is 849 g/mol. The lowest BCUT2D eigenvalue weighted by molar-refractivity contribution is -0.139. The molecule has 342 valence electrons. The van der Waals surface area contributed by atoms with Crippen LogP contribution < -0.4 is 5.32 Å². The number of aliphatic hydroxyl groups excluding tert-OH is 8. The van der Waals surface area contributed by atoms with Crippen molar-refractivity contribution in [1.29, 1.82) is 0 Å². The molecule has 0 radical (unpaired) electrons. The maximum absolute atomic E-state index is 13.3. The Bertz CT molecular complexity index is 1430. The number of allylic oxidation sites excluding steroid dienone is 1. The Balaban J connectivity index is 1.57. The van der Waals surface area contributed by atoms with Crippen molar-refractivity contribution in [2.75, 3.05) is 13.7 Å². The van der Waals surface area contributed by atoms with E-state index in [0.717, 1.165) is 62.5 Å². The van der Waals surface area contributed by atoms with Crippen molar-refractivity contribution in [2.45, 2.75) is 185 Å². The average Bonchev–Trinajstić information content (AvgIpc) is 3.47. The van der Waals surface area contributed by atoms with Crippen molar-refractivity contribution in [3.8, 4) is 0 Å². The van der Waals surface area contributed by atoms with E-state index in [0.29, 0.717) is 30.9 Å². The molecule has 1 aromatic rings. The van der Waals surface area contributed by atoms with E-state index < -0.39 is 54.9 Å². The maximum atomic E-state index is 13.3. The minimum atomic E-state index is -1.10. The van der Waals surface area contributed by atoms with Gasteiger partial charge in [0, 0.05) is 31.5 Å². The summed E-state index contributed by atoms with van der Waals surface area (Å²) in [5, 5.41) is 84.3. The van der Waals surface area contributed by atoms with Crippen LogP contribution in [0.25, 0.3) is 0 Å². The fourth-order valence-corrected chi connectivity index (χ4v) is 8.28. The SMILES string of the molecule is COC1=CC(=O)N(C(=O)/C=C(/C)CC(C)CCCCCCC[C@H](C)C[C@@H](O)C[C@@H](O)C[C@@H](O)C[C@@H](O)C[C@@H](O)C[C@@H](O)C[C@@H](O)C[C@H](O)CNC=O)[C@H]1Cc1ccccc1. The van der Waals surface area contributed by atoms with Gasteiger partial charge in [-0.3, -0.25) is 19.3 Å². The molecular weight excluding hydrogens is 773 g/mol. The Labute approximate surface area is 357 Å². The first kappa shape index (κ1) is 52.9. The number of methoxy groups -OCH3 is 1. The van der Waals surface area contributed by atoms with Crippen LogP contribution in [0.1, 0.15) is 129 Å². The third-order valence-corrected chi connectivity index (χ3v) is 11.2. The summed E-state index contributed by atoms with van der Waals surface area (Å²) in [7, 11) is 1.52. The molecule has 0 fully saturated rings. The number of benzene rings is 1. The van der Waals surface area contributed by atoms with Gasteiger partial charge in [-0.15, -0.1) is 0 Å². The molecule has 2 rings (SSSR count). The second kappa shape index (κ2) is 29.2. The lowest BCUT2D eigenvalue weighted by Gasteiger charge is -2.24. The highest BCUT2D eigenvalue weighted by atomic mass is 16.5. The Hall–Kier alpha value is -3.21. The van der Waals surface area contributed by atoms with Gasteiger partial charge in [-0.2, -0.15) is 0 Å². The lowest BCUT2D eigenvalue weighted by atomic mass is 9.92. The van der Waals surface area contributed by atoms with Crippen LogP contribution in [0.15, 0.2) is 53.8 Å². The predicted octanol–water partition coefficient (Wildman–Crippen LogP) is 3.59. The molecule has 1 unspecified atom stereocenters. The molecule has 0 aliphatic carbocycles. The lowest BCUT2D eigenvalue weighted by Crippen LogP contribution is -2.41. The largest absolute Gasteiger partial charge is 0.499 e. The molecule has 60 heavy (non-hydrogen) atoms. The standard InChI is InChI=1S/C46H76N2O12/c1-31(17-33(3)19-45(58)48-43(44(60-4)28-46(48)59)20-34-15-11-8-12-16-34)13-9-6-5-7-10-14-32(2)18-35(50)21-36(51)22-37(52)23-38(53)24-39(54)25-40(55)26-41(56)27-42(57)29-47-30-49/h8,11-12,15-16,19,28,30-32,35-43,50-57H,5-7,9-10,13-14,17-18,20-27,29H2,1-4H3,(H,47,49)/b33-19-/t31?,32-,35+,36+,37+,38+,39+,40+,41+,42-,43-/m0/s1. The topological polar surface area (TPSA) is 238 Å². The van der Waals surface area contributed by atoms with Gasteiger partial charge in [0.2, 0.25) is 6.41 Å². The first-order chi connectivity index (χ1) is 28.5. The summed E-state index contributed by atoms with van der Waals surface area (Å²) < 4.78 is 5.46. The molecule has 1 heterocycles. The minimum absolute atomic E-state index is 0.0315. The van der Waals surface area contributed by atoms with Crippen LogP contribution >= 0.6 is 0 Å². The highest BCUT2D eigenvalue weighted by Crippen LogP contribution is 2.26. The quantitative estimate of drug-likeness (QED) is 0.0281. The third-order valence-electron chi connectivity index (χ3n) is 11.2. The van der Waals surface area contributed by atoms with E-state index in [1.54, 1.807) is 6.08 Å². The van der Waals surface area contributed by atoms with Gasteiger partial charge in [-0.05, 0) is 75.7 Å². The smallest absolute Gasteiger partial charge is 0.257 e. The number of aliphatic hydroxyl groups is 8. The molecular formula is C46H76N2O12. The van der Waals surface area contributed by atoms with E-state index in [2.05, 4.69) is 19.2 Å². The van der Waals surface area contributed by atoms with Crippen molar-refractivity contribution in [2.24, 2.45) is 11.8 Å². The molecule has 0 aromatic heterocycles. The number of carbonyl (C=O) groups is 3. The van der Waals surface area contributed by atoms with Crippen LogP contribution in [0, 0.1) is 11.8 Å². The van der Waals surface area contributed by atoms with E-state index in [9.17, 15) is 55.2 Å². The predicted molar refractivity (Wildman–Crippen MR) is 229 cm³/mol. The van der Waals surface area contributed by atoms with Crippen LogP contribution in [0.3, 0.4) is 0 Å². The van der Waals surface area contributed by atoms with Crippen LogP contribution in [0.2, 0.25) is 0 Å². The van der Waals surface area contributed by atoms with Crippen LogP contribution in [-0.2, 0) is 25.5 Å².